The van der Waals surface area contributed by atoms with E-state index < -0.39 is 0 Å². The molecule has 3 rings (SSSR count). The van der Waals surface area contributed by atoms with Crippen LogP contribution in [0, 0.1) is 0 Å². The first-order chi connectivity index (χ1) is 12.7. The van der Waals surface area contributed by atoms with Gasteiger partial charge in [-0.25, -0.2) is 0 Å². The molecule has 2 unspecified atom stereocenters. The summed E-state index contributed by atoms with van der Waals surface area (Å²) in [6.07, 6.45) is 10.7. The number of nitrogens with two attached hydrogens (primary N) is 1. The molecule has 2 heterocycles. The zero-order chi connectivity index (χ0) is 18.2. The molecule has 136 valence electrons. The first-order valence-electron chi connectivity index (χ1n) is 9.16. The highest BCUT2D eigenvalue weighted by Gasteiger charge is 2.29. The van der Waals surface area contributed by atoms with Gasteiger partial charge >= 0.3 is 5.97 Å². The van der Waals surface area contributed by atoms with Crippen LogP contribution < -0.4 is 5.84 Å². The number of unbranched alkanes of at least 4 members (excludes halogenated alkanes) is 1. The fourth-order valence-corrected chi connectivity index (χ4v) is 3.49. The Hall–Kier alpha value is -2.69. The van der Waals surface area contributed by atoms with Crippen molar-refractivity contribution in [3.05, 3.63) is 65.5 Å². The zero-order valence-corrected chi connectivity index (χ0v) is 14.9. The third-order valence-corrected chi connectivity index (χ3v) is 4.86. The smallest absolute Gasteiger partial charge is 0.306 e. The van der Waals surface area contributed by atoms with Crippen molar-refractivity contribution in [1.82, 2.24) is 4.98 Å². The fraction of sp³-hybridized carbons (Fsp3) is 0.381. The van der Waals surface area contributed by atoms with Crippen LogP contribution in [0.25, 0.3) is 0 Å². The maximum absolute atomic E-state index is 11.9. The highest BCUT2D eigenvalue weighted by atomic mass is 16.5. The molecule has 2 N–H and O–H groups in total. The number of esters is 1. The van der Waals surface area contributed by atoms with Gasteiger partial charge in [0, 0.05) is 12.4 Å². The predicted octanol–water partition coefficient (Wildman–Crippen LogP) is 3.58. The van der Waals surface area contributed by atoms with Crippen LogP contribution in [-0.4, -0.2) is 23.3 Å². The van der Waals surface area contributed by atoms with E-state index in [0.717, 1.165) is 43.2 Å². The molecule has 1 fully saturated rings. The van der Waals surface area contributed by atoms with E-state index in [9.17, 15) is 4.79 Å². The maximum atomic E-state index is 11.9. The van der Waals surface area contributed by atoms with Gasteiger partial charge in [-0.05, 0) is 60.8 Å². The number of rotatable bonds is 7. The third-order valence-electron chi connectivity index (χ3n) is 4.86. The third kappa shape index (κ3) is 5.15. The molecule has 0 bridgehead atoms. The summed E-state index contributed by atoms with van der Waals surface area (Å²) in [5, 5.41) is 3.53. The lowest BCUT2D eigenvalue weighted by Gasteiger charge is -2.29. The van der Waals surface area contributed by atoms with Gasteiger partial charge in [-0.1, -0.05) is 30.3 Å². The number of hydrogen-bond donors (Lipinski definition) is 1. The Morgan fingerprint density at radius 1 is 1.23 bits per heavy atom. The molecule has 1 aliphatic rings. The van der Waals surface area contributed by atoms with Crippen LogP contribution in [-0.2, 0) is 16.0 Å². The molecule has 5 heteroatoms. The van der Waals surface area contributed by atoms with E-state index in [2.05, 4.69) is 22.2 Å². The number of pyridine rings is 1. The summed E-state index contributed by atoms with van der Waals surface area (Å²) in [4.78, 5) is 16.1. The van der Waals surface area contributed by atoms with Crippen molar-refractivity contribution in [2.24, 2.45) is 10.9 Å². The molecule has 1 saturated heterocycles. The van der Waals surface area contributed by atoms with Crippen molar-refractivity contribution in [2.75, 3.05) is 0 Å². The normalized spacial score (nSPS) is 20.2. The Balaban J connectivity index is 1.44. The van der Waals surface area contributed by atoms with Crippen LogP contribution in [0.4, 0.5) is 0 Å². The van der Waals surface area contributed by atoms with Crippen LogP contribution in [0.5, 0.6) is 0 Å². The van der Waals surface area contributed by atoms with Gasteiger partial charge in [0.2, 0.25) is 0 Å². The van der Waals surface area contributed by atoms with Crippen LogP contribution in [0.3, 0.4) is 0 Å². The molecule has 5 nitrogen and oxygen atoms in total. The molecule has 0 saturated carbocycles. The van der Waals surface area contributed by atoms with Crippen LogP contribution in [0.1, 0.15) is 54.7 Å². The molecule has 0 amide bonds. The number of ether oxygens (including phenoxy) is 1. The topological polar surface area (TPSA) is 77.6 Å². The van der Waals surface area contributed by atoms with Crippen molar-refractivity contribution in [3.8, 4) is 0 Å². The van der Waals surface area contributed by atoms with Gasteiger partial charge in [0.1, 0.15) is 6.10 Å². The number of carbonyl (C=O) groups is 1. The summed E-state index contributed by atoms with van der Waals surface area (Å²) in [6.45, 7) is 0. The van der Waals surface area contributed by atoms with Gasteiger partial charge in [0.25, 0.3) is 0 Å². The summed E-state index contributed by atoms with van der Waals surface area (Å²) in [5.41, 5.74) is 3.44. The van der Waals surface area contributed by atoms with Crippen molar-refractivity contribution in [1.29, 1.82) is 0 Å². The lowest BCUT2D eigenvalue weighted by molar-refractivity contribution is -0.155. The van der Waals surface area contributed by atoms with E-state index in [1.54, 1.807) is 12.4 Å². The number of benzene rings is 1. The number of nitrogens with zero attached hydrogens (tertiary/aromatic N) is 2. The second kappa shape index (κ2) is 9.13. The van der Waals surface area contributed by atoms with Crippen LogP contribution in [0.15, 0.2) is 53.9 Å². The average molecular weight is 351 g/mol. The number of hydrogen-bond acceptors (Lipinski definition) is 5. The largest absolute Gasteiger partial charge is 0.462 e. The zero-order valence-electron chi connectivity index (χ0n) is 14.9. The molecule has 1 aromatic carbocycles. The van der Waals surface area contributed by atoms with E-state index in [1.807, 2.05) is 30.5 Å². The van der Waals surface area contributed by atoms with Gasteiger partial charge in [-0.3, -0.25) is 9.78 Å². The lowest BCUT2D eigenvalue weighted by Crippen LogP contribution is -2.28. The number of hydrazone groups is 1. The van der Waals surface area contributed by atoms with E-state index in [4.69, 9.17) is 10.6 Å². The van der Waals surface area contributed by atoms with Crippen LogP contribution >= 0.6 is 0 Å². The van der Waals surface area contributed by atoms with Gasteiger partial charge < -0.3 is 10.6 Å². The molecular formula is C21H25N3O2. The number of aryl methyl sites for hydroxylation is 1. The lowest BCUT2D eigenvalue weighted by atomic mass is 9.87. The summed E-state index contributed by atoms with van der Waals surface area (Å²) < 4.78 is 5.55. The molecule has 2 atom stereocenters. The minimum Gasteiger partial charge on any atom is -0.462 e. The van der Waals surface area contributed by atoms with Gasteiger partial charge in [0.15, 0.2) is 0 Å². The van der Waals surface area contributed by atoms with Crippen molar-refractivity contribution < 1.29 is 9.53 Å². The van der Waals surface area contributed by atoms with Crippen LogP contribution in [0.2, 0.25) is 0 Å². The molecular weight excluding hydrogens is 326 g/mol. The van der Waals surface area contributed by atoms with E-state index in [-0.39, 0.29) is 18.0 Å². The average Bonchev–Trinajstić information content (AvgIpc) is 2.67. The summed E-state index contributed by atoms with van der Waals surface area (Å²) >= 11 is 0. The Morgan fingerprint density at radius 3 is 2.81 bits per heavy atom. The van der Waals surface area contributed by atoms with Crippen molar-refractivity contribution in [2.45, 2.75) is 50.5 Å². The van der Waals surface area contributed by atoms with Gasteiger partial charge in [-0.2, -0.15) is 5.10 Å². The minimum atomic E-state index is -0.0905. The Morgan fingerprint density at radius 2 is 2.08 bits per heavy atom. The summed E-state index contributed by atoms with van der Waals surface area (Å²) in [5.74, 6) is 5.29. The number of carbonyl (C=O) groups excluding carboxylic acids is 1. The van der Waals surface area contributed by atoms with E-state index in [0.29, 0.717) is 6.42 Å². The monoisotopic (exact) mass is 351 g/mol. The minimum absolute atomic E-state index is 0.0181. The predicted molar refractivity (Wildman–Crippen MR) is 102 cm³/mol. The molecule has 0 aliphatic carbocycles. The van der Waals surface area contributed by atoms with Gasteiger partial charge in [-0.15, -0.1) is 0 Å². The van der Waals surface area contributed by atoms with E-state index in [1.165, 1.54) is 5.56 Å². The first-order valence-corrected chi connectivity index (χ1v) is 9.16. The molecule has 0 spiro atoms. The molecule has 1 aromatic heterocycles. The van der Waals surface area contributed by atoms with Gasteiger partial charge in [0.05, 0.1) is 12.6 Å². The quantitative estimate of drug-likeness (QED) is 0.272. The number of aromatic nitrogens is 1. The molecule has 1 aliphatic heterocycles. The van der Waals surface area contributed by atoms with Crippen molar-refractivity contribution >= 4 is 12.2 Å². The second-order valence-corrected chi connectivity index (χ2v) is 6.80. The highest BCUT2D eigenvalue weighted by Crippen LogP contribution is 2.32. The number of cyclic esters (lactones) is 1. The van der Waals surface area contributed by atoms with E-state index >= 15 is 0 Å². The Labute approximate surface area is 154 Å². The second-order valence-electron chi connectivity index (χ2n) is 6.80. The first kappa shape index (κ1) is 18.1. The highest BCUT2D eigenvalue weighted by molar-refractivity contribution is 5.79. The maximum Gasteiger partial charge on any atom is 0.306 e. The fourth-order valence-electron chi connectivity index (χ4n) is 3.49. The summed E-state index contributed by atoms with van der Waals surface area (Å²) in [6, 6.07) is 12.2. The SMILES string of the molecule is NN=Cc1ccc(CCCCC2CC(c3cccnc3)CC(=O)O2)cc1. The van der Waals surface area contributed by atoms with Crippen molar-refractivity contribution in [3.63, 3.8) is 0 Å². The molecule has 0 radical (unpaired) electrons. The Kier molecular flexibility index (Phi) is 6.36. The summed E-state index contributed by atoms with van der Waals surface area (Å²) in [7, 11) is 0. The standard InChI is InChI=1S/C21H25N3O2/c22-24-14-17-9-7-16(8-10-17)4-1-2-6-20-12-19(13-21(25)26-20)18-5-3-11-23-15-18/h3,5,7-11,14-15,19-20H,1-2,4,6,12-13,22H2. The Bertz CT molecular complexity index is 729. The molecule has 2 aromatic rings. The molecule has 26 heavy (non-hydrogen) atoms.